The van der Waals surface area contributed by atoms with Gasteiger partial charge < -0.3 is 23.8 Å². The molecule has 2 atom stereocenters. The summed E-state index contributed by atoms with van der Waals surface area (Å²) in [5, 5.41) is 0. The van der Waals surface area contributed by atoms with Crippen molar-refractivity contribution in [2.75, 3.05) is 66.7 Å². The number of rotatable bonds is 56. The predicted molar refractivity (Wildman–Crippen MR) is 341 cm³/mol. The maximum Gasteiger partial charge on any atom is 0.306 e. The van der Waals surface area contributed by atoms with Crippen LogP contribution in [-0.4, -0.2) is 101 Å². The Morgan fingerprint density at radius 1 is 0.342 bits per heavy atom. The molecule has 0 heterocycles. The van der Waals surface area contributed by atoms with Crippen molar-refractivity contribution in [2.45, 2.75) is 356 Å². The Morgan fingerprint density at radius 3 is 0.987 bits per heavy atom. The Hall–Kier alpha value is -1.22. The highest BCUT2D eigenvalue weighted by Crippen LogP contribution is 2.36. The summed E-state index contributed by atoms with van der Waals surface area (Å²) in [5.74, 6) is 3.92. The molecule has 0 saturated heterocycles. The number of carbonyl (C=O) groups is 2. The lowest BCUT2D eigenvalue weighted by atomic mass is 9.78. The van der Waals surface area contributed by atoms with Gasteiger partial charge in [0, 0.05) is 40.2 Å². The largest absolute Gasteiger partial charge is 0.462 e. The predicted octanol–water partition coefficient (Wildman–Crippen LogP) is 20.6. The van der Waals surface area contributed by atoms with Crippen LogP contribution in [0.4, 0.5) is 0 Å². The van der Waals surface area contributed by atoms with Gasteiger partial charge in [-0.1, -0.05) is 247 Å². The standard InChI is InChI=1S/C69H134N2O6.C2H6/c1-7-11-13-15-19-25-40-66(42-31-29-38-64-50-46-62(36-9-3)47-51-64)76-68(72)44-27-21-17-23-33-54-70(56-35-57-71(58-60-74-5)59-61-75-6)55-34-24-18-22-28-45-69(73)77-67(41-26-20-16-14-12-8-2)43-32-30-39-65-52-48-63(37-10-4)49-53-65;1-2/h62-67H,7-61H2,1-6H3;1-2H3. The average Bonchev–Trinajstić information content (AvgIpc) is 3.46. The number of hydrogen-bond donors (Lipinski definition) is 0. The van der Waals surface area contributed by atoms with Crippen LogP contribution >= 0.6 is 0 Å². The molecule has 0 radical (unpaired) electrons. The molecular formula is C71H140N2O6. The minimum absolute atomic E-state index is 0.0459. The molecule has 2 aliphatic rings. The van der Waals surface area contributed by atoms with Crippen molar-refractivity contribution < 1.29 is 28.5 Å². The fourth-order valence-corrected chi connectivity index (χ4v) is 13.3. The van der Waals surface area contributed by atoms with Gasteiger partial charge in [0.25, 0.3) is 0 Å². The Labute approximate surface area is 494 Å². The molecule has 2 rings (SSSR count). The zero-order valence-corrected chi connectivity index (χ0v) is 54.7. The smallest absolute Gasteiger partial charge is 0.306 e. The van der Waals surface area contributed by atoms with Crippen LogP contribution in [0.3, 0.4) is 0 Å². The third-order valence-electron chi connectivity index (χ3n) is 18.3. The van der Waals surface area contributed by atoms with E-state index in [9.17, 15) is 9.59 Å². The fraction of sp³-hybridized carbons (Fsp3) is 0.972. The molecule has 2 saturated carbocycles. The summed E-state index contributed by atoms with van der Waals surface area (Å²) in [4.78, 5) is 31.6. The van der Waals surface area contributed by atoms with Gasteiger partial charge in [0.15, 0.2) is 0 Å². The number of hydrogen-bond acceptors (Lipinski definition) is 8. The van der Waals surface area contributed by atoms with Crippen LogP contribution in [0.5, 0.6) is 0 Å². The van der Waals surface area contributed by atoms with Crippen molar-refractivity contribution in [3.05, 3.63) is 0 Å². The summed E-state index contributed by atoms with van der Waals surface area (Å²) < 4.78 is 23.3. The summed E-state index contributed by atoms with van der Waals surface area (Å²) in [6, 6.07) is 0. The molecule has 470 valence electrons. The van der Waals surface area contributed by atoms with Crippen LogP contribution in [0.25, 0.3) is 0 Å². The number of nitrogens with zero attached hydrogens (tertiary/aromatic N) is 2. The first-order valence-electron chi connectivity index (χ1n) is 35.6. The number of ether oxygens (including phenoxy) is 4. The van der Waals surface area contributed by atoms with Crippen molar-refractivity contribution in [1.29, 1.82) is 0 Å². The molecule has 0 aromatic carbocycles. The first kappa shape index (κ1) is 75.8. The summed E-state index contributed by atoms with van der Waals surface area (Å²) >= 11 is 0. The molecular weight excluding hydrogens is 977 g/mol. The van der Waals surface area contributed by atoms with Gasteiger partial charge in [-0.15, -0.1) is 0 Å². The van der Waals surface area contributed by atoms with E-state index in [1.54, 1.807) is 14.2 Å². The average molecular weight is 1120 g/mol. The molecule has 0 aliphatic heterocycles. The highest BCUT2D eigenvalue weighted by molar-refractivity contribution is 5.69. The van der Waals surface area contributed by atoms with E-state index in [0.29, 0.717) is 12.8 Å². The van der Waals surface area contributed by atoms with E-state index in [0.717, 1.165) is 134 Å². The minimum atomic E-state index is 0.0459. The molecule has 0 N–H and O–H groups in total. The summed E-state index contributed by atoms with van der Waals surface area (Å²) in [6.45, 7) is 21.1. The fourth-order valence-electron chi connectivity index (χ4n) is 13.3. The lowest BCUT2D eigenvalue weighted by molar-refractivity contribution is -0.151. The Morgan fingerprint density at radius 2 is 0.633 bits per heavy atom. The number of carbonyl (C=O) groups excluding carboxylic acids is 2. The van der Waals surface area contributed by atoms with Crippen molar-refractivity contribution in [1.82, 2.24) is 9.80 Å². The number of methoxy groups -OCH3 is 2. The van der Waals surface area contributed by atoms with Gasteiger partial charge in [-0.3, -0.25) is 14.5 Å². The zero-order chi connectivity index (χ0) is 57.5. The number of unbranched alkanes of at least 4 members (excludes halogenated alkanes) is 20. The van der Waals surface area contributed by atoms with Crippen LogP contribution in [0.1, 0.15) is 343 Å². The second-order valence-corrected chi connectivity index (χ2v) is 25.3. The van der Waals surface area contributed by atoms with Crippen LogP contribution in [0.15, 0.2) is 0 Å². The van der Waals surface area contributed by atoms with Crippen LogP contribution < -0.4 is 0 Å². The van der Waals surface area contributed by atoms with E-state index in [1.807, 2.05) is 13.8 Å². The second-order valence-electron chi connectivity index (χ2n) is 25.3. The monoisotopic (exact) mass is 1120 g/mol. The van der Waals surface area contributed by atoms with Gasteiger partial charge in [-0.05, 0) is 133 Å². The van der Waals surface area contributed by atoms with Gasteiger partial charge in [0.2, 0.25) is 0 Å². The molecule has 79 heavy (non-hydrogen) atoms. The molecule has 2 aliphatic carbocycles. The third kappa shape index (κ3) is 45.8. The second kappa shape index (κ2) is 57.2. The SMILES string of the molecule is CC.CCCCCCCCC(CCCCC1CCC(CCC)CC1)OC(=O)CCCCCCCN(CCCCCCCC(=O)OC(CCCCCCCC)CCCCC1CCC(CCC)CC1)CCCN(CCOC)CCOC. The lowest BCUT2D eigenvalue weighted by Gasteiger charge is -2.28. The van der Waals surface area contributed by atoms with Gasteiger partial charge >= 0.3 is 11.9 Å². The van der Waals surface area contributed by atoms with Gasteiger partial charge in [-0.25, -0.2) is 0 Å². The van der Waals surface area contributed by atoms with E-state index in [4.69, 9.17) is 18.9 Å². The molecule has 0 bridgehead atoms. The van der Waals surface area contributed by atoms with Crippen molar-refractivity contribution in [3.63, 3.8) is 0 Å². The van der Waals surface area contributed by atoms with Crippen molar-refractivity contribution in [3.8, 4) is 0 Å². The van der Waals surface area contributed by atoms with E-state index >= 15 is 0 Å². The first-order chi connectivity index (χ1) is 38.8. The van der Waals surface area contributed by atoms with Crippen molar-refractivity contribution >= 4 is 11.9 Å². The van der Waals surface area contributed by atoms with E-state index < -0.39 is 0 Å². The van der Waals surface area contributed by atoms with Gasteiger partial charge in [0.05, 0.1) is 13.2 Å². The quantitative estimate of drug-likeness (QED) is 0.0440. The molecule has 0 amide bonds. The molecule has 8 heteroatoms. The molecule has 8 nitrogen and oxygen atoms in total. The molecule has 0 spiro atoms. The molecule has 0 aromatic rings. The number of esters is 2. The van der Waals surface area contributed by atoms with Crippen LogP contribution in [-0.2, 0) is 28.5 Å². The van der Waals surface area contributed by atoms with Crippen LogP contribution in [0, 0.1) is 23.7 Å². The van der Waals surface area contributed by atoms with Crippen LogP contribution in [0.2, 0.25) is 0 Å². The topological polar surface area (TPSA) is 77.5 Å². The highest BCUT2D eigenvalue weighted by Gasteiger charge is 2.23. The third-order valence-corrected chi connectivity index (χ3v) is 18.3. The van der Waals surface area contributed by atoms with E-state index in [-0.39, 0.29) is 24.1 Å². The molecule has 2 unspecified atom stereocenters. The summed E-state index contributed by atoms with van der Waals surface area (Å²) in [6.07, 6.45) is 58.4. The van der Waals surface area contributed by atoms with Gasteiger partial charge in [0.1, 0.15) is 12.2 Å². The van der Waals surface area contributed by atoms with Crippen molar-refractivity contribution in [2.24, 2.45) is 23.7 Å². The zero-order valence-electron chi connectivity index (χ0n) is 54.7. The minimum Gasteiger partial charge on any atom is -0.462 e. The van der Waals surface area contributed by atoms with E-state index in [1.165, 1.54) is 231 Å². The Kier molecular flexibility index (Phi) is 54.9. The normalized spacial score (nSPS) is 18.4. The maximum atomic E-state index is 13.2. The first-order valence-corrected chi connectivity index (χ1v) is 35.6. The maximum absolute atomic E-state index is 13.2. The molecule has 0 aromatic heterocycles. The molecule has 2 fully saturated rings. The highest BCUT2D eigenvalue weighted by atomic mass is 16.5. The summed E-state index contributed by atoms with van der Waals surface area (Å²) in [5.41, 5.74) is 0. The lowest BCUT2D eigenvalue weighted by Crippen LogP contribution is -2.34. The summed E-state index contributed by atoms with van der Waals surface area (Å²) in [7, 11) is 3.58. The Balaban J connectivity index is 0.0000154. The van der Waals surface area contributed by atoms with Gasteiger partial charge in [-0.2, -0.15) is 0 Å². The van der Waals surface area contributed by atoms with E-state index in [2.05, 4.69) is 37.5 Å². The Bertz CT molecular complexity index is 1180.